The lowest BCUT2D eigenvalue weighted by molar-refractivity contribution is 0.469. The van der Waals surface area contributed by atoms with Crippen molar-refractivity contribution in [2.24, 2.45) is 0 Å². The van der Waals surface area contributed by atoms with Crippen molar-refractivity contribution in [3.63, 3.8) is 0 Å². The van der Waals surface area contributed by atoms with Crippen molar-refractivity contribution < 1.29 is 4.74 Å². The first-order valence-corrected chi connectivity index (χ1v) is 7.34. The minimum atomic E-state index is 0.595. The monoisotopic (exact) mass is 293 g/mol. The third-order valence-electron chi connectivity index (χ3n) is 3.24. The third kappa shape index (κ3) is 2.21. The zero-order valence-corrected chi connectivity index (χ0v) is 12.1. The first kappa shape index (κ1) is 12.2. The van der Waals surface area contributed by atoms with Gasteiger partial charge in [0.15, 0.2) is 0 Å². The maximum atomic E-state index is 5.95. The number of nitrogens with zero attached hydrogens (tertiary/aromatic N) is 3. The first-order valence-electron chi connectivity index (χ1n) is 6.52. The van der Waals surface area contributed by atoms with E-state index in [1.807, 2.05) is 30.5 Å². The van der Waals surface area contributed by atoms with Crippen LogP contribution in [0.15, 0.2) is 49.1 Å². The van der Waals surface area contributed by atoms with E-state index in [2.05, 4.69) is 27.9 Å². The number of fused-ring (bicyclic) bond motifs is 2. The SMILES string of the molecule is Cc1cc2c(Oc3ccc4cnccc4c3)ncnc2s1. The summed E-state index contributed by atoms with van der Waals surface area (Å²) in [4.78, 5) is 14.8. The van der Waals surface area contributed by atoms with E-state index in [1.54, 1.807) is 23.9 Å². The summed E-state index contributed by atoms with van der Waals surface area (Å²) >= 11 is 1.64. The van der Waals surface area contributed by atoms with Gasteiger partial charge in [-0.2, -0.15) is 0 Å². The fraction of sp³-hybridized carbons (Fsp3) is 0.0625. The fourth-order valence-corrected chi connectivity index (χ4v) is 3.11. The highest BCUT2D eigenvalue weighted by Gasteiger charge is 2.09. The standard InChI is InChI=1S/C16H11N3OS/c1-10-6-14-15(18-9-19-16(14)21-10)20-13-3-2-12-8-17-5-4-11(12)7-13/h2-9H,1H3. The van der Waals surface area contributed by atoms with E-state index >= 15 is 0 Å². The van der Waals surface area contributed by atoms with Crippen LogP contribution in [-0.2, 0) is 0 Å². The molecule has 0 unspecified atom stereocenters. The van der Waals surface area contributed by atoms with Crippen molar-refractivity contribution >= 4 is 32.3 Å². The Labute approximate surface area is 125 Å². The zero-order valence-electron chi connectivity index (χ0n) is 11.3. The van der Waals surface area contributed by atoms with Crippen LogP contribution < -0.4 is 4.74 Å². The number of hydrogen-bond donors (Lipinski definition) is 0. The summed E-state index contributed by atoms with van der Waals surface area (Å²) < 4.78 is 5.95. The molecule has 0 spiro atoms. The lowest BCUT2D eigenvalue weighted by atomic mass is 10.2. The quantitative estimate of drug-likeness (QED) is 0.551. The van der Waals surface area contributed by atoms with E-state index < -0.39 is 0 Å². The van der Waals surface area contributed by atoms with Gasteiger partial charge in [0.05, 0.1) is 5.39 Å². The molecule has 3 heterocycles. The van der Waals surface area contributed by atoms with Crippen molar-refractivity contribution in [2.45, 2.75) is 6.92 Å². The Kier molecular flexibility index (Phi) is 2.79. The Bertz CT molecular complexity index is 948. The predicted molar refractivity (Wildman–Crippen MR) is 84.0 cm³/mol. The average molecular weight is 293 g/mol. The highest BCUT2D eigenvalue weighted by Crippen LogP contribution is 2.32. The summed E-state index contributed by atoms with van der Waals surface area (Å²) in [5.41, 5.74) is 0. The summed E-state index contributed by atoms with van der Waals surface area (Å²) in [5, 5.41) is 3.13. The normalized spacial score (nSPS) is 11.1. The number of rotatable bonds is 2. The van der Waals surface area contributed by atoms with Gasteiger partial charge in [-0.15, -0.1) is 11.3 Å². The Hall–Kier alpha value is -2.53. The van der Waals surface area contributed by atoms with Gasteiger partial charge in [-0.25, -0.2) is 9.97 Å². The molecule has 4 nitrogen and oxygen atoms in total. The van der Waals surface area contributed by atoms with Gasteiger partial charge < -0.3 is 4.74 Å². The lowest BCUT2D eigenvalue weighted by Gasteiger charge is -2.06. The van der Waals surface area contributed by atoms with E-state index in [9.17, 15) is 0 Å². The molecule has 0 fully saturated rings. The lowest BCUT2D eigenvalue weighted by Crippen LogP contribution is -1.89. The molecule has 102 valence electrons. The molecule has 0 saturated carbocycles. The van der Waals surface area contributed by atoms with Crippen molar-refractivity contribution in [3.8, 4) is 11.6 Å². The summed E-state index contributed by atoms with van der Waals surface area (Å²) in [6, 6.07) is 9.93. The molecule has 0 saturated heterocycles. The number of thiophene rings is 1. The highest BCUT2D eigenvalue weighted by molar-refractivity contribution is 7.18. The second-order valence-electron chi connectivity index (χ2n) is 4.74. The van der Waals surface area contributed by atoms with Gasteiger partial charge in [0.25, 0.3) is 0 Å². The van der Waals surface area contributed by atoms with Gasteiger partial charge in [0.1, 0.15) is 16.9 Å². The van der Waals surface area contributed by atoms with E-state index in [0.29, 0.717) is 5.88 Å². The zero-order chi connectivity index (χ0) is 14.2. The molecule has 0 aliphatic carbocycles. The highest BCUT2D eigenvalue weighted by atomic mass is 32.1. The van der Waals surface area contributed by atoms with E-state index in [1.165, 1.54) is 4.88 Å². The number of aryl methyl sites for hydroxylation is 1. The van der Waals surface area contributed by atoms with Gasteiger partial charge >= 0.3 is 0 Å². The van der Waals surface area contributed by atoms with Crippen LogP contribution in [0.4, 0.5) is 0 Å². The van der Waals surface area contributed by atoms with Gasteiger partial charge in [0, 0.05) is 22.7 Å². The van der Waals surface area contributed by atoms with Crippen molar-refractivity contribution in [1.29, 1.82) is 0 Å². The molecule has 0 aliphatic heterocycles. The Morgan fingerprint density at radius 3 is 2.95 bits per heavy atom. The van der Waals surface area contributed by atoms with Crippen LogP contribution in [0.3, 0.4) is 0 Å². The van der Waals surface area contributed by atoms with Crippen LogP contribution in [0.5, 0.6) is 11.6 Å². The molecule has 3 aromatic heterocycles. The molecule has 21 heavy (non-hydrogen) atoms. The molecule has 1 aromatic carbocycles. The van der Waals surface area contributed by atoms with Crippen LogP contribution in [-0.4, -0.2) is 15.0 Å². The van der Waals surface area contributed by atoms with E-state index in [-0.39, 0.29) is 0 Å². The Balaban J connectivity index is 1.78. The van der Waals surface area contributed by atoms with Crippen LogP contribution in [0.2, 0.25) is 0 Å². The predicted octanol–water partition coefficient (Wildman–Crippen LogP) is 4.34. The first-order chi connectivity index (χ1) is 10.3. The van der Waals surface area contributed by atoms with Crippen LogP contribution in [0.1, 0.15) is 4.88 Å². The van der Waals surface area contributed by atoms with Crippen molar-refractivity contribution in [3.05, 3.63) is 53.9 Å². The fourth-order valence-electron chi connectivity index (χ4n) is 2.27. The third-order valence-corrected chi connectivity index (χ3v) is 4.20. The van der Waals surface area contributed by atoms with Gasteiger partial charge in [-0.3, -0.25) is 4.98 Å². The second-order valence-corrected chi connectivity index (χ2v) is 5.98. The van der Waals surface area contributed by atoms with Crippen molar-refractivity contribution in [1.82, 2.24) is 15.0 Å². The summed E-state index contributed by atoms with van der Waals surface area (Å²) in [6.07, 6.45) is 5.15. The number of hydrogen-bond acceptors (Lipinski definition) is 5. The Morgan fingerprint density at radius 1 is 1.05 bits per heavy atom. The molecule has 0 bridgehead atoms. The minimum Gasteiger partial charge on any atom is -0.438 e. The van der Waals surface area contributed by atoms with Gasteiger partial charge in [0.2, 0.25) is 5.88 Å². The molecule has 0 radical (unpaired) electrons. The molecule has 0 N–H and O–H groups in total. The second kappa shape index (κ2) is 4.79. The molecule has 0 atom stereocenters. The molecular weight excluding hydrogens is 282 g/mol. The molecule has 0 amide bonds. The van der Waals surface area contributed by atoms with Gasteiger partial charge in [-0.05, 0) is 42.6 Å². The average Bonchev–Trinajstić information content (AvgIpc) is 2.89. The van der Waals surface area contributed by atoms with Crippen LogP contribution in [0, 0.1) is 6.92 Å². The maximum absolute atomic E-state index is 5.95. The van der Waals surface area contributed by atoms with Crippen molar-refractivity contribution in [2.75, 3.05) is 0 Å². The molecule has 0 aliphatic rings. The molecule has 5 heteroatoms. The van der Waals surface area contributed by atoms with E-state index in [4.69, 9.17) is 4.74 Å². The maximum Gasteiger partial charge on any atom is 0.231 e. The Morgan fingerprint density at radius 2 is 2.00 bits per heavy atom. The summed E-state index contributed by atoms with van der Waals surface area (Å²) in [6.45, 7) is 2.05. The topological polar surface area (TPSA) is 47.9 Å². The summed E-state index contributed by atoms with van der Waals surface area (Å²) in [5.74, 6) is 1.36. The van der Waals surface area contributed by atoms with E-state index in [0.717, 1.165) is 26.7 Å². The van der Waals surface area contributed by atoms with Crippen LogP contribution >= 0.6 is 11.3 Å². The molecular formula is C16H11N3OS. The minimum absolute atomic E-state index is 0.595. The van der Waals surface area contributed by atoms with Gasteiger partial charge in [-0.1, -0.05) is 0 Å². The smallest absolute Gasteiger partial charge is 0.231 e. The number of benzene rings is 1. The molecule has 4 rings (SSSR count). The number of ether oxygens (including phenoxy) is 1. The number of pyridine rings is 1. The largest absolute Gasteiger partial charge is 0.438 e. The summed E-state index contributed by atoms with van der Waals surface area (Å²) in [7, 11) is 0. The van der Waals surface area contributed by atoms with Crippen LogP contribution in [0.25, 0.3) is 21.0 Å². The molecule has 4 aromatic rings. The number of aromatic nitrogens is 3.